The third-order valence-electron chi connectivity index (χ3n) is 2.55. The van der Waals surface area contributed by atoms with Crippen LogP contribution in [0.1, 0.15) is 17.2 Å². The lowest BCUT2D eigenvalue weighted by Crippen LogP contribution is -2.47. The lowest BCUT2D eigenvalue weighted by atomic mass is 10.0. The molecule has 0 bridgehead atoms. The van der Waals surface area contributed by atoms with Crippen molar-refractivity contribution < 1.29 is 9.18 Å². The SMILES string of the molecule is Cc1cc(C2NCCNC2=O)ccc1F. The number of hydrogen-bond donors (Lipinski definition) is 2. The zero-order valence-electron chi connectivity index (χ0n) is 8.51. The lowest BCUT2D eigenvalue weighted by Gasteiger charge is -2.24. The molecule has 1 aromatic carbocycles. The molecule has 1 fully saturated rings. The van der Waals surface area contributed by atoms with Crippen LogP contribution in [-0.2, 0) is 4.79 Å². The number of carbonyl (C=O) groups excluding carboxylic acids is 1. The van der Waals surface area contributed by atoms with Crippen molar-refractivity contribution in [3.63, 3.8) is 0 Å². The molecule has 0 saturated carbocycles. The van der Waals surface area contributed by atoms with Gasteiger partial charge in [-0.1, -0.05) is 12.1 Å². The maximum Gasteiger partial charge on any atom is 0.241 e. The molecular weight excluding hydrogens is 195 g/mol. The maximum atomic E-state index is 13.0. The monoisotopic (exact) mass is 208 g/mol. The fourth-order valence-electron chi connectivity index (χ4n) is 1.71. The Morgan fingerprint density at radius 3 is 2.87 bits per heavy atom. The number of rotatable bonds is 1. The van der Waals surface area contributed by atoms with Gasteiger partial charge in [0.2, 0.25) is 5.91 Å². The Kier molecular flexibility index (Phi) is 2.68. The highest BCUT2D eigenvalue weighted by molar-refractivity contribution is 5.83. The smallest absolute Gasteiger partial charge is 0.241 e. The molecule has 0 radical (unpaired) electrons. The molecule has 1 amide bonds. The van der Waals surface area contributed by atoms with Crippen molar-refractivity contribution in [1.29, 1.82) is 0 Å². The molecule has 15 heavy (non-hydrogen) atoms. The van der Waals surface area contributed by atoms with Gasteiger partial charge in [0.25, 0.3) is 0 Å². The van der Waals surface area contributed by atoms with Crippen LogP contribution in [0.4, 0.5) is 4.39 Å². The van der Waals surface area contributed by atoms with E-state index in [0.717, 1.165) is 12.1 Å². The molecule has 1 saturated heterocycles. The number of nitrogens with one attached hydrogen (secondary N) is 2. The van der Waals surface area contributed by atoms with Crippen molar-refractivity contribution in [1.82, 2.24) is 10.6 Å². The molecular formula is C11H13FN2O. The van der Waals surface area contributed by atoms with Gasteiger partial charge in [-0.2, -0.15) is 0 Å². The summed E-state index contributed by atoms with van der Waals surface area (Å²) >= 11 is 0. The van der Waals surface area contributed by atoms with E-state index in [1.54, 1.807) is 19.1 Å². The van der Waals surface area contributed by atoms with E-state index in [1.807, 2.05) is 0 Å². The van der Waals surface area contributed by atoms with Gasteiger partial charge >= 0.3 is 0 Å². The van der Waals surface area contributed by atoms with Crippen LogP contribution in [0.25, 0.3) is 0 Å². The van der Waals surface area contributed by atoms with Gasteiger partial charge in [0.05, 0.1) is 0 Å². The number of carbonyl (C=O) groups is 1. The van der Waals surface area contributed by atoms with Crippen LogP contribution in [0.3, 0.4) is 0 Å². The summed E-state index contributed by atoms with van der Waals surface area (Å²) < 4.78 is 13.0. The van der Waals surface area contributed by atoms with Crippen LogP contribution in [0.2, 0.25) is 0 Å². The predicted molar refractivity (Wildman–Crippen MR) is 54.9 cm³/mol. The molecule has 0 aliphatic carbocycles. The van der Waals surface area contributed by atoms with Crippen molar-refractivity contribution in [2.24, 2.45) is 0 Å². The van der Waals surface area contributed by atoms with Crippen molar-refractivity contribution in [2.75, 3.05) is 13.1 Å². The zero-order chi connectivity index (χ0) is 10.8. The number of hydrogen-bond acceptors (Lipinski definition) is 2. The zero-order valence-corrected chi connectivity index (χ0v) is 8.51. The van der Waals surface area contributed by atoms with Gasteiger partial charge in [-0.25, -0.2) is 4.39 Å². The molecule has 1 aromatic rings. The molecule has 0 aromatic heterocycles. The van der Waals surface area contributed by atoms with Crippen LogP contribution < -0.4 is 10.6 Å². The lowest BCUT2D eigenvalue weighted by molar-refractivity contribution is -0.124. The van der Waals surface area contributed by atoms with Crippen LogP contribution in [-0.4, -0.2) is 19.0 Å². The Balaban J connectivity index is 2.28. The number of aryl methyl sites for hydroxylation is 1. The number of amides is 1. The second-order valence-electron chi connectivity index (χ2n) is 3.69. The second kappa shape index (κ2) is 3.98. The van der Waals surface area contributed by atoms with E-state index >= 15 is 0 Å². The van der Waals surface area contributed by atoms with Gasteiger partial charge in [-0.05, 0) is 24.1 Å². The van der Waals surface area contributed by atoms with Crippen molar-refractivity contribution in [3.05, 3.63) is 35.1 Å². The van der Waals surface area contributed by atoms with Gasteiger partial charge in [0.1, 0.15) is 11.9 Å². The first-order chi connectivity index (χ1) is 7.18. The van der Waals surface area contributed by atoms with E-state index in [1.165, 1.54) is 6.07 Å². The highest BCUT2D eigenvalue weighted by Gasteiger charge is 2.23. The quantitative estimate of drug-likeness (QED) is 0.719. The Morgan fingerprint density at radius 1 is 1.40 bits per heavy atom. The van der Waals surface area contributed by atoms with Crippen LogP contribution in [0.15, 0.2) is 18.2 Å². The van der Waals surface area contributed by atoms with E-state index in [9.17, 15) is 9.18 Å². The first-order valence-corrected chi connectivity index (χ1v) is 4.95. The molecule has 1 heterocycles. The first-order valence-electron chi connectivity index (χ1n) is 4.95. The van der Waals surface area contributed by atoms with Gasteiger partial charge in [-0.3, -0.25) is 4.79 Å². The number of benzene rings is 1. The largest absolute Gasteiger partial charge is 0.353 e. The van der Waals surface area contributed by atoms with Crippen molar-refractivity contribution in [2.45, 2.75) is 13.0 Å². The predicted octanol–water partition coefficient (Wildman–Crippen LogP) is 0.895. The topological polar surface area (TPSA) is 41.1 Å². The molecule has 2 N–H and O–H groups in total. The molecule has 3 nitrogen and oxygen atoms in total. The summed E-state index contributed by atoms with van der Waals surface area (Å²) in [6.07, 6.45) is 0. The van der Waals surface area contributed by atoms with Gasteiger partial charge in [0.15, 0.2) is 0 Å². The fourth-order valence-corrected chi connectivity index (χ4v) is 1.71. The van der Waals surface area contributed by atoms with E-state index in [4.69, 9.17) is 0 Å². The molecule has 1 unspecified atom stereocenters. The summed E-state index contributed by atoms with van der Waals surface area (Å²) in [6, 6.07) is 4.40. The van der Waals surface area contributed by atoms with Crippen LogP contribution in [0, 0.1) is 12.7 Å². The molecule has 1 aliphatic rings. The van der Waals surface area contributed by atoms with Crippen molar-refractivity contribution in [3.8, 4) is 0 Å². The van der Waals surface area contributed by atoms with E-state index in [-0.39, 0.29) is 17.8 Å². The molecule has 0 spiro atoms. The third-order valence-corrected chi connectivity index (χ3v) is 2.55. The van der Waals surface area contributed by atoms with E-state index in [2.05, 4.69) is 10.6 Å². The fraction of sp³-hybridized carbons (Fsp3) is 0.364. The molecule has 1 atom stereocenters. The highest BCUT2D eigenvalue weighted by Crippen LogP contribution is 2.17. The Labute approximate surface area is 87.7 Å². The van der Waals surface area contributed by atoms with E-state index < -0.39 is 0 Å². The summed E-state index contributed by atoms with van der Waals surface area (Å²) in [5, 5.41) is 5.87. The molecule has 1 aliphatic heterocycles. The second-order valence-corrected chi connectivity index (χ2v) is 3.69. The van der Waals surface area contributed by atoms with Gasteiger partial charge in [-0.15, -0.1) is 0 Å². The Bertz CT molecular complexity index is 392. The minimum atomic E-state index is -0.349. The summed E-state index contributed by atoms with van der Waals surface area (Å²) in [5.74, 6) is -0.290. The number of piperazine rings is 1. The average molecular weight is 208 g/mol. The summed E-state index contributed by atoms with van der Waals surface area (Å²) in [4.78, 5) is 11.5. The number of halogens is 1. The molecule has 2 rings (SSSR count). The first kappa shape index (κ1) is 10.1. The Hall–Kier alpha value is -1.42. The molecule has 4 heteroatoms. The maximum absolute atomic E-state index is 13.0. The van der Waals surface area contributed by atoms with Gasteiger partial charge in [0, 0.05) is 13.1 Å². The third kappa shape index (κ3) is 1.99. The molecule has 80 valence electrons. The van der Waals surface area contributed by atoms with Gasteiger partial charge < -0.3 is 10.6 Å². The highest BCUT2D eigenvalue weighted by atomic mass is 19.1. The van der Waals surface area contributed by atoms with Crippen LogP contribution in [0.5, 0.6) is 0 Å². The standard InChI is InChI=1S/C11H13FN2O/c1-7-6-8(2-3-9(7)12)10-11(15)14-5-4-13-10/h2-3,6,10,13H,4-5H2,1H3,(H,14,15). The summed E-state index contributed by atoms with van der Waals surface area (Å²) in [6.45, 7) is 3.09. The van der Waals surface area contributed by atoms with E-state index in [0.29, 0.717) is 12.1 Å². The minimum Gasteiger partial charge on any atom is -0.353 e. The van der Waals surface area contributed by atoms with Crippen molar-refractivity contribution >= 4 is 5.91 Å². The Morgan fingerprint density at radius 2 is 2.20 bits per heavy atom. The average Bonchev–Trinajstić information content (AvgIpc) is 2.23. The normalized spacial score (nSPS) is 21.2. The summed E-state index contributed by atoms with van der Waals surface area (Å²) in [5.41, 5.74) is 1.37. The minimum absolute atomic E-state index is 0.0488. The van der Waals surface area contributed by atoms with Crippen LogP contribution >= 0.6 is 0 Å². The summed E-state index contributed by atoms with van der Waals surface area (Å²) in [7, 11) is 0.